The summed E-state index contributed by atoms with van der Waals surface area (Å²) in [5.41, 5.74) is 4.54. The fraction of sp³-hybridized carbons (Fsp3) is 0.304. The lowest BCUT2D eigenvalue weighted by molar-refractivity contribution is -0.131. The first kappa shape index (κ1) is 18.3. The van der Waals surface area contributed by atoms with E-state index in [1.165, 1.54) is 22.2 Å². The Bertz CT molecular complexity index is 1030. The third kappa shape index (κ3) is 3.40. The highest BCUT2D eigenvalue weighted by atomic mass is 16.4. The standard InChI is InChI=1S/C23H24N2O3/c1-15-22(19-8-4-5-9-20(19)24-15)16-10-12-25(13-11-16)21(26)14-17-6-2-3-7-18(17)23(27)28/h2-9,16,24H,10-14H2,1H3,(H,27,28). The monoisotopic (exact) mass is 376 g/mol. The summed E-state index contributed by atoms with van der Waals surface area (Å²) < 4.78 is 0. The second-order valence-electron chi connectivity index (χ2n) is 7.50. The van der Waals surface area contributed by atoms with Gasteiger partial charge in [0.05, 0.1) is 12.0 Å². The summed E-state index contributed by atoms with van der Waals surface area (Å²) in [6.45, 7) is 3.53. The number of carboxylic acid groups (broad SMARTS) is 1. The Labute approximate surface area is 164 Å². The molecule has 1 aromatic heterocycles. The average molecular weight is 376 g/mol. The Hall–Kier alpha value is -3.08. The number of benzene rings is 2. The second kappa shape index (κ2) is 7.50. The van der Waals surface area contributed by atoms with Crippen LogP contribution in [0.1, 0.15) is 45.9 Å². The van der Waals surface area contributed by atoms with E-state index in [9.17, 15) is 14.7 Å². The molecule has 1 aliphatic heterocycles. The number of nitrogens with zero attached hydrogens (tertiary/aromatic N) is 1. The van der Waals surface area contributed by atoms with Gasteiger partial charge in [0.25, 0.3) is 0 Å². The molecule has 0 saturated carbocycles. The van der Waals surface area contributed by atoms with E-state index in [1.54, 1.807) is 24.3 Å². The van der Waals surface area contributed by atoms with Gasteiger partial charge < -0.3 is 15.0 Å². The zero-order chi connectivity index (χ0) is 19.7. The Morgan fingerprint density at radius 3 is 2.50 bits per heavy atom. The number of carbonyl (C=O) groups is 2. The van der Waals surface area contributed by atoms with Gasteiger partial charge in [-0.3, -0.25) is 4.79 Å². The molecule has 0 unspecified atom stereocenters. The highest BCUT2D eigenvalue weighted by molar-refractivity contribution is 5.91. The van der Waals surface area contributed by atoms with Crippen molar-refractivity contribution < 1.29 is 14.7 Å². The molecule has 1 aliphatic rings. The number of aromatic nitrogens is 1. The van der Waals surface area contributed by atoms with Gasteiger partial charge in [-0.25, -0.2) is 4.79 Å². The maximum absolute atomic E-state index is 12.7. The highest BCUT2D eigenvalue weighted by Gasteiger charge is 2.27. The lowest BCUT2D eigenvalue weighted by Crippen LogP contribution is -2.39. The number of likely N-dealkylation sites (tertiary alicyclic amines) is 1. The molecule has 5 nitrogen and oxygen atoms in total. The van der Waals surface area contributed by atoms with Crippen LogP contribution in [0.3, 0.4) is 0 Å². The van der Waals surface area contributed by atoms with Crippen LogP contribution in [-0.4, -0.2) is 40.0 Å². The molecule has 0 bridgehead atoms. The van der Waals surface area contributed by atoms with Crippen molar-refractivity contribution in [2.75, 3.05) is 13.1 Å². The molecule has 28 heavy (non-hydrogen) atoms. The number of hydrogen-bond donors (Lipinski definition) is 2. The number of aromatic carboxylic acids is 1. The first-order chi connectivity index (χ1) is 13.5. The first-order valence-corrected chi connectivity index (χ1v) is 9.70. The zero-order valence-electron chi connectivity index (χ0n) is 15.9. The van der Waals surface area contributed by atoms with Gasteiger partial charge >= 0.3 is 5.97 Å². The van der Waals surface area contributed by atoms with E-state index in [1.807, 2.05) is 11.0 Å². The van der Waals surface area contributed by atoms with Crippen LogP contribution in [0.15, 0.2) is 48.5 Å². The normalized spacial score (nSPS) is 15.1. The van der Waals surface area contributed by atoms with Gasteiger partial charge in [-0.2, -0.15) is 0 Å². The number of nitrogens with one attached hydrogen (secondary N) is 1. The molecule has 0 aliphatic carbocycles. The Balaban J connectivity index is 1.45. The van der Waals surface area contributed by atoms with E-state index < -0.39 is 5.97 Å². The number of fused-ring (bicyclic) bond motifs is 1. The number of amides is 1. The molecule has 0 radical (unpaired) electrons. The van der Waals surface area contributed by atoms with Gasteiger partial charge in [-0.1, -0.05) is 36.4 Å². The smallest absolute Gasteiger partial charge is 0.335 e. The minimum Gasteiger partial charge on any atom is -0.478 e. The van der Waals surface area contributed by atoms with Crippen molar-refractivity contribution in [3.05, 3.63) is 70.9 Å². The van der Waals surface area contributed by atoms with Gasteiger partial charge in [-0.15, -0.1) is 0 Å². The Kier molecular flexibility index (Phi) is 4.90. The molecular formula is C23H24N2O3. The molecule has 1 saturated heterocycles. The fourth-order valence-electron chi connectivity index (χ4n) is 4.40. The van der Waals surface area contributed by atoms with E-state index >= 15 is 0 Å². The van der Waals surface area contributed by atoms with Crippen molar-refractivity contribution in [3.8, 4) is 0 Å². The molecule has 0 spiro atoms. The number of aromatic amines is 1. The lowest BCUT2D eigenvalue weighted by atomic mass is 9.87. The van der Waals surface area contributed by atoms with Crippen LogP contribution in [-0.2, 0) is 11.2 Å². The molecule has 2 N–H and O–H groups in total. The van der Waals surface area contributed by atoms with Gasteiger partial charge in [0.15, 0.2) is 0 Å². The lowest BCUT2D eigenvalue weighted by Gasteiger charge is -2.32. The van der Waals surface area contributed by atoms with Crippen LogP contribution in [0.5, 0.6) is 0 Å². The third-order valence-electron chi connectivity index (χ3n) is 5.79. The molecule has 4 rings (SSSR count). The van der Waals surface area contributed by atoms with Crippen molar-refractivity contribution in [3.63, 3.8) is 0 Å². The van der Waals surface area contributed by atoms with E-state index in [0.717, 1.165) is 12.8 Å². The fourth-order valence-corrected chi connectivity index (χ4v) is 4.40. The topological polar surface area (TPSA) is 73.4 Å². The number of piperidine rings is 1. The largest absolute Gasteiger partial charge is 0.478 e. The maximum atomic E-state index is 12.7. The third-order valence-corrected chi connectivity index (χ3v) is 5.79. The molecule has 5 heteroatoms. The van der Waals surface area contributed by atoms with Crippen molar-refractivity contribution in [2.24, 2.45) is 0 Å². The predicted octanol–water partition coefficient (Wildman–Crippen LogP) is 4.12. The zero-order valence-corrected chi connectivity index (χ0v) is 15.9. The summed E-state index contributed by atoms with van der Waals surface area (Å²) in [7, 11) is 0. The highest BCUT2D eigenvalue weighted by Crippen LogP contribution is 2.35. The van der Waals surface area contributed by atoms with E-state index in [-0.39, 0.29) is 17.9 Å². The quantitative estimate of drug-likeness (QED) is 0.719. The summed E-state index contributed by atoms with van der Waals surface area (Å²) >= 11 is 0. The Morgan fingerprint density at radius 2 is 1.75 bits per heavy atom. The molecule has 1 amide bonds. The van der Waals surface area contributed by atoms with Crippen molar-refractivity contribution in [1.29, 1.82) is 0 Å². The molecule has 2 heterocycles. The number of carbonyl (C=O) groups excluding carboxylic acids is 1. The molecule has 1 fully saturated rings. The summed E-state index contributed by atoms with van der Waals surface area (Å²) in [6, 6.07) is 15.1. The number of H-pyrrole nitrogens is 1. The summed E-state index contributed by atoms with van der Waals surface area (Å²) in [5, 5.41) is 10.6. The first-order valence-electron chi connectivity index (χ1n) is 9.70. The maximum Gasteiger partial charge on any atom is 0.335 e. The van der Waals surface area contributed by atoms with Crippen LogP contribution in [0.2, 0.25) is 0 Å². The number of aryl methyl sites for hydroxylation is 1. The minimum absolute atomic E-state index is 0.00259. The number of para-hydroxylation sites is 1. The van der Waals surface area contributed by atoms with Crippen LogP contribution >= 0.6 is 0 Å². The van der Waals surface area contributed by atoms with Gasteiger partial charge in [0.1, 0.15) is 0 Å². The summed E-state index contributed by atoms with van der Waals surface area (Å²) in [5.74, 6) is -0.550. The van der Waals surface area contributed by atoms with Gasteiger partial charge in [0.2, 0.25) is 5.91 Å². The van der Waals surface area contributed by atoms with E-state index in [0.29, 0.717) is 24.6 Å². The molecule has 2 aromatic carbocycles. The number of carboxylic acids is 1. The van der Waals surface area contributed by atoms with Crippen LogP contribution in [0.25, 0.3) is 10.9 Å². The number of rotatable bonds is 4. The van der Waals surface area contributed by atoms with Gasteiger partial charge in [-0.05, 0) is 48.9 Å². The van der Waals surface area contributed by atoms with E-state index in [2.05, 4.69) is 30.1 Å². The minimum atomic E-state index is -0.989. The summed E-state index contributed by atoms with van der Waals surface area (Å²) in [4.78, 5) is 29.5. The SMILES string of the molecule is Cc1[nH]c2ccccc2c1C1CCN(C(=O)Cc2ccccc2C(=O)O)CC1. The second-order valence-corrected chi connectivity index (χ2v) is 7.50. The van der Waals surface area contributed by atoms with Crippen LogP contribution < -0.4 is 0 Å². The number of hydrogen-bond acceptors (Lipinski definition) is 2. The molecule has 0 atom stereocenters. The van der Waals surface area contributed by atoms with Crippen LogP contribution in [0, 0.1) is 6.92 Å². The van der Waals surface area contributed by atoms with E-state index in [4.69, 9.17) is 0 Å². The van der Waals surface area contributed by atoms with Crippen molar-refractivity contribution in [2.45, 2.75) is 32.1 Å². The summed E-state index contributed by atoms with van der Waals surface area (Å²) in [6.07, 6.45) is 1.99. The predicted molar refractivity (Wildman–Crippen MR) is 109 cm³/mol. The molecule has 144 valence electrons. The average Bonchev–Trinajstić information content (AvgIpc) is 3.04. The Morgan fingerprint density at radius 1 is 1.07 bits per heavy atom. The van der Waals surface area contributed by atoms with Crippen molar-refractivity contribution in [1.82, 2.24) is 9.88 Å². The molecular weight excluding hydrogens is 352 g/mol. The molecule has 3 aromatic rings. The van der Waals surface area contributed by atoms with Crippen LogP contribution in [0.4, 0.5) is 0 Å². The van der Waals surface area contributed by atoms with Gasteiger partial charge in [0, 0.05) is 29.7 Å². The van der Waals surface area contributed by atoms with Crippen molar-refractivity contribution >= 4 is 22.8 Å².